The van der Waals surface area contributed by atoms with Gasteiger partial charge in [-0.2, -0.15) is 0 Å². The molecule has 0 aliphatic carbocycles. The summed E-state index contributed by atoms with van der Waals surface area (Å²) in [6, 6.07) is 5.36. The van der Waals surface area contributed by atoms with Gasteiger partial charge in [-0.15, -0.1) is 0 Å². The Bertz CT molecular complexity index is 513. The fourth-order valence-corrected chi connectivity index (χ4v) is 2.37. The van der Waals surface area contributed by atoms with Gasteiger partial charge in [0.2, 0.25) is 0 Å². The highest BCUT2D eigenvalue weighted by molar-refractivity contribution is 6.47. The minimum atomic E-state index is -1.02. The van der Waals surface area contributed by atoms with Gasteiger partial charge < -0.3 is 9.68 Å². The standard InChI is InChI=1S/C14H17BO4.C2H6/c1-3-12(17)8-11-7-10-5-4-6-13(9(2)16)14(10)19-15(11)18;1-2/h4-6,11,18H,3,7-8H2,1-2H3;1-2H3/t11-;/m1./s1. The minimum Gasteiger partial charge on any atom is -0.535 e. The predicted octanol–water partition coefficient (Wildman–Crippen LogP) is 3.07. The second kappa shape index (κ2) is 7.98. The van der Waals surface area contributed by atoms with Gasteiger partial charge in [0, 0.05) is 18.7 Å². The molecule has 0 bridgehead atoms. The maximum atomic E-state index is 11.5. The second-order valence-electron chi connectivity index (χ2n) is 4.92. The summed E-state index contributed by atoms with van der Waals surface area (Å²) >= 11 is 0. The molecule has 1 heterocycles. The van der Waals surface area contributed by atoms with Gasteiger partial charge in [-0.1, -0.05) is 32.9 Å². The van der Waals surface area contributed by atoms with Gasteiger partial charge in [0.1, 0.15) is 11.5 Å². The highest BCUT2D eigenvalue weighted by atomic mass is 16.5. The molecule has 1 atom stereocenters. The first kappa shape index (κ1) is 17.4. The molecular formula is C16H23BO4. The topological polar surface area (TPSA) is 63.6 Å². The number of rotatable bonds is 4. The average Bonchev–Trinajstić information content (AvgIpc) is 2.49. The van der Waals surface area contributed by atoms with E-state index in [0.717, 1.165) is 5.56 Å². The van der Waals surface area contributed by atoms with Gasteiger partial charge in [0.15, 0.2) is 5.78 Å². The van der Waals surface area contributed by atoms with Crippen molar-refractivity contribution in [3.8, 4) is 5.75 Å². The van der Waals surface area contributed by atoms with Crippen molar-refractivity contribution in [1.29, 1.82) is 0 Å². The van der Waals surface area contributed by atoms with Crippen LogP contribution in [0.4, 0.5) is 0 Å². The molecule has 21 heavy (non-hydrogen) atoms. The zero-order valence-corrected chi connectivity index (χ0v) is 13.2. The van der Waals surface area contributed by atoms with Crippen molar-refractivity contribution >= 4 is 18.7 Å². The van der Waals surface area contributed by atoms with Crippen molar-refractivity contribution in [2.75, 3.05) is 0 Å². The summed E-state index contributed by atoms with van der Waals surface area (Å²) in [6.45, 7) is 7.28. The molecule has 1 aromatic carbocycles. The third-order valence-electron chi connectivity index (χ3n) is 3.48. The molecule has 0 saturated carbocycles. The molecule has 2 rings (SSSR count). The lowest BCUT2D eigenvalue weighted by atomic mass is 9.64. The van der Waals surface area contributed by atoms with Crippen molar-refractivity contribution < 1.29 is 19.3 Å². The van der Waals surface area contributed by atoms with E-state index in [-0.39, 0.29) is 17.4 Å². The zero-order chi connectivity index (χ0) is 16.0. The molecule has 0 fully saturated rings. The number of hydrogen-bond acceptors (Lipinski definition) is 4. The molecule has 114 valence electrons. The summed E-state index contributed by atoms with van der Waals surface area (Å²) in [7, 11) is -1.02. The highest BCUT2D eigenvalue weighted by Crippen LogP contribution is 2.36. The van der Waals surface area contributed by atoms with Crippen LogP contribution in [-0.4, -0.2) is 23.7 Å². The van der Waals surface area contributed by atoms with E-state index in [4.69, 9.17) is 4.65 Å². The first-order chi connectivity index (χ1) is 10.0. The molecule has 1 N–H and O–H groups in total. The lowest BCUT2D eigenvalue weighted by Gasteiger charge is -2.28. The molecule has 1 aromatic rings. The molecule has 0 radical (unpaired) electrons. The summed E-state index contributed by atoms with van der Waals surface area (Å²) in [4.78, 5) is 23.0. The molecule has 1 aliphatic rings. The fraction of sp³-hybridized carbons (Fsp3) is 0.500. The quantitative estimate of drug-likeness (QED) is 0.683. The van der Waals surface area contributed by atoms with Crippen LogP contribution < -0.4 is 4.65 Å². The van der Waals surface area contributed by atoms with Crippen molar-refractivity contribution in [2.24, 2.45) is 0 Å². The van der Waals surface area contributed by atoms with Crippen LogP contribution in [0.1, 0.15) is 56.5 Å². The Kier molecular flexibility index (Phi) is 6.63. The molecule has 0 spiro atoms. The third kappa shape index (κ3) is 4.17. The molecule has 0 saturated heterocycles. The van der Waals surface area contributed by atoms with Crippen molar-refractivity contribution in [3.63, 3.8) is 0 Å². The molecule has 1 aliphatic heterocycles. The van der Waals surface area contributed by atoms with Crippen LogP contribution in [0.25, 0.3) is 0 Å². The van der Waals surface area contributed by atoms with E-state index in [1.807, 2.05) is 19.9 Å². The van der Waals surface area contributed by atoms with Crippen LogP contribution in [0.15, 0.2) is 18.2 Å². The van der Waals surface area contributed by atoms with E-state index in [1.165, 1.54) is 6.92 Å². The molecule has 0 amide bonds. The number of para-hydroxylation sites is 1. The van der Waals surface area contributed by atoms with E-state index in [0.29, 0.717) is 30.6 Å². The van der Waals surface area contributed by atoms with E-state index >= 15 is 0 Å². The summed E-state index contributed by atoms with van der Waals surface area (Å²) < 4.78 is 5.46. The Balaban J connectivity index is 0.00000106. The van der Waals surface area contributed by atoms with Gasteiger partial charge in [0.25, 0.3) is 0 Å². The van der Waals surface area contributed by atoms with E-state index in [1.54, 1.807) is 19.1 Å². The van der Waals surface area contributed by atoms with E-state index < -0.39 is 7.12 Å². The van der Waals surface area contributed by atoms with Crippen molar-refractivity contribution in [2.45, 2.75) is 52.8 Å². The van der Waals surface area contributed by atoms with Crippen LogP contribution in [0.2, 0.25) is 5.82 Å². The van der Waals surface area contributed by atoms with E-state index in [2.05, 4.69) is 0 Å². The average molecular weight is 290 g/mol. The number of carbonyl (C=O) groups excluding carboxylic acids is 2. The SMILES string of the molecule is CC.CCC(=O)C[C@H]1Cc2cccc(C(C)=O)c2OB1O. The Morgan fingerprint density at radius 3 is 2.62 bits per heavy atom. The Hall–Kier alpha value is -1.62. The minimum absolute atomic E-state index is 0.0906. The Morgan fingerprint density at radius 1 is 1.38 bits per heavy atom. The highest BCUT2D eigenvalue weighted by Gasteiger charge is 2.36. The van der Waals surface area contributed by atoms with Crippen LogP contribution in [0.5, 0.6) is 5.75 Å². The fourth-order valence-electron chi connectivity index (χ4n) is 2.37. The van der Waals surface area contributed by atoms with Crippen LogP contribution >= 0.6 is 0 Å². The summed E-state index contributed by atoms with van der Waals surface area (Å²) in [5, 5.41) is 9.98. The van der Waals surface area contributed by atoms with Gasteiger partial charge in [0.05, 0.1) is 5.56 Å². The van der Waals surface area contributed by atoms with Crippen LogP contribution in [0.3, 0.4) is 0 Å². The first-order valence-corrected chi connectivity index (χ1v) is 7.52. The lowest BCUT2D eigenvalue weighted by Crippen LogP contribution is -2.35. The number of Topliss-reactive ketones (excluding diaryl/α,β-unsaturated/α-hetero) is 2. The maximum Gasteiger partial charge on any atom is 0.526 e. The number of ketones is 2. The van der Waals surface area contributed by atoms with Gasteiger partial charge >= 0.3 is 7.12 Å². The molecule has 0 unspecified atom stereocenters. The Morgan fingerprint density at radius 2 is 2.05 bits per heavy atom. The van der Waals surface area contributed by atoms with Crippen LogP contribution in [0, 0.1) is 0 Å². The van der Waals surface area contributed by atoms with Crippen molar-refractivity contribution in [3.05, 3.63) is 29.3 Å². The molecule has 0 aromatic heterocycles. The number of fused-ring (bicyclic) bond motifs is 1. The summed E-state index contributed by atoms with van der Waals surface area (Å²) in [6.07, 6.45) is 1.33. The third-order valence-corrected chi connectivity index (χ3v) is 3.48. The smallest absolute Gasteiger partial charge is 0.526 e. The number of hydrogen-bond donors (Lipinski definition) is 1. The van der Waals surface area contributed by atoms with Gasteiger partial charge in [-0.3, -0.25) is 9.59 Å². The van der Waals surface area contributed by atoms with Gasteiger partial charge in [-0.25, -0.2) is 0 Å². The van der Waals surface area contributed by atoms with Crippen LogP contribution in [-0.2, 0) is 11.2 Å². The zero-order valence-electron chi connectivity index (χ0n) is 13.2. The maximum absolute atomic E-state index is 11.5. The second-order valence-corrected chi connectivity index (χ2v) is 4.92. The van der Waals surface area contributed by atoms with E-state index in [9.17, 15) is 14.6 Å². The number of carbonyl (C=O) groups is 2. The lowest BCUT2D eigenvalue weighted by molar-refractivity contribution is -0.118. The summed E-state index contributed by atoms with van der Waals surface area (Å²) in [5.74, 6) is 0.246. The molecule has 5 heteroatoms. The van der Waals surface area contributed by atoms with Gasteiger partial charge in [-0.05, 0) is 25.0 Å². The molecule has 4 nitrogen and oxygen atoms in total. The first-order valence-electron chi connectivity index (χ1n) is 7.52. The largest absolute Gasteiger partial charge is 0.535 e. The van der Waals surface area contributed by atoms with Crippen molar-refractivity contribution in [1.82, 2.24) is 0 Å². The monoisotopic (exact) mass is 290 g/mol. The predicted molar refractivity (Wildman–Crippen MR) is 83.8 cm³/mol. The molecular weight excluding hydrogens is 267 g/mol. The summed E-state index contributed by atoms with van der Waals surface area (Å²) in [5.41, 5.74) is 1.36. The normalized spacial score (nSPS) is 16.2. The Labute approximate surface area is 126 Å². The number of benzene rings is 1.